The minimum Gasteiger partial charge on any atom is -0.344 e. The van der Waals surface area contributed by atoms with Crippen LogP contribution in [-0.2, 0) is 136 Å². The van der Waals surface area contributed by atoms with Crippen molar-refractivity contribution in [1.29, 1.82) is 0 Å². The molecule has 14 heterocycles. The second-order valence-electron chi connectivity index (χ2n) is 32.5. The van der Waals surface area contributed by atoms with Crippen LogP contribution in [0.15, 0.2) is 68.0 Å². The van der Waals surface area contributed by atoms with Crippen molar-refractivity contribution in [3.05, 3.63) is 187 Å². The Morgan fingerprint density at radius 3 is 1.32 bits per heavy atom. The molecule has 0 N–H and O–H groups in total. The van der Waals surface area contributed by atoms with E-state index in [0.29, 0.717) is 0 Å². The summed E-state index contributed by atoms with van der Waals surface area (Å²) >= 11 is 0. The molecule has 0 aliphatic heterocycles. The maximum absolute atomic E-state index is 4.49. The van der Waals surface area contributed by atoms with E-state index in [1.54, 1.807) is 57.7 Å². The maximum Gasteiger partial charge on any atom is 0.144 e. The summed E-state index contributed by atoms with van der Waals surface area (Å²) in [5.41, 5.74) is 40.1. The fraction of sp³-hybridized carbons (Fsp3) is 0.516. The summed E-state index contributed by atoms with van der Waals surface area (Å²) in [4.78, 5) is 35.3. The van der Waals surface area contributed by atoms with Crippen LogP contribution >= 0.6 is 0 Å². The van der Waals surface area contributed by atoms with Gasteiger partial charge in [0.2, 0.25) is 0 Å². The lowest BCUT2D eigenvalue weighted by Crippen LogP contribution is -2.07. The lowest BCUT2D eigenvalue weighted by atomic mass is 9.94. The van der Waals surface area contributed by atoms with E-state index >= 15 is 0 Å². The fourth-order valence-electron chi connectivity index (χ4n) is 21.1. The van der Waals surface area contributed by atoms with E-state index in [9.17, 15) is 0 Å². The average Bonchev–Trinajstić information content (AvgIpc) is 1.63. The molecule has 0 fully saturated rings. The van der Waals surface area contributed by atoms with Gasteiger partial charge in [-0.05, 0) is 339 Å². The molecular formula is C95H123N17. The minimum atomic E-state index is 1.02. The maximum atomic E-state index is 4.49. The first-order valence-corrected chi connectivity index (χ1v) is 43.5. The van der Waals surface area contributed by atoms with Crippen molar-refractivity contribution < 1.29 is 0 Å². The quantitative estimate of drug-likeness (QED) is 0.150. The smallest absolute Gasteiger partial charge is 0.144 e. The molecule has 0 saturated carbocycles. The number of fused-ring (bicyclic) bond motifs is 21. The summed E-state index contributed by atoms with van der Waals surface area (Å²) in [5, 5.41) is 16.7. The first kappa shape index (κ1) is 77.9. The van der Waals surface area contributed by atoms with Crippen molar-refractivity contribution >= 4 is 76.6 Å². The number of hydrogen-bond acceptors (Lipinski definition) is 10. The van der Waals surface area contributed by atoms with Crippen molar-refractivity contribution in [2.45, 2.75) is 323 Å². The number of aryl methyl sites for hydroxylation is 21. The Morgan fingerprint density at radius 2 is 0.723 bits per heavy atom. The van der Waals surface area contributed by atoms with E-state index in [1.807, 2.05) is 31.0 Å². The van der Waals surface area contributed by atoms with Crippen molar-refractivity contribution in [2.24, 2.45) is 0 Å². The fourth-order valence-corrected chi connectivity index (χ4v) is 21.1. The van der Waals surface area contributed by atoms with Gasteiger partial charge in [0, 0.05) is 154 Å². The summed E-state index contributed by atoms with van der Waals surface area (Å²) in [6.07, 6.45) is 51.3. The zero-order valence-corrected chi connectivity index (χ0v) is 70.2. The van der Waals surface area contributed by atoms with Crippen molar-refractivity contribution in [3.8, 4) is 0 Å². The van der Waals surface area contributed by atoms with Crippen LogP contribution in [0.4, 0.5) is 0 Å². The van der Waals surface area contributed by atoms with E-state index in [1.165, 1.54) is 296 Å². The first-order valence-electron chi connectivity index (χ1n) is 43.5. The van der Waals surface area contributed by atoms with Gasteiger partial charge in [-0.15, -0.1) is 0 Å². The van der Waals surface area contributed by atoms with Gasteiger partial charge < -0.3 is 32.0 Å². The van der Waals surface area contributed by atoms with E-state index in [4.69, 9.17) is 0 Å². The molecule has 0 unspecified atom stereocenters. The molecule has 21 rings (SSSR count). The number of rotatable bonds is 7. The molecule has 7 aliphatic carbocycles. The molecule has 17 nitrogen and oxygen atoms in total. The van der Waals surface area contributed by atoms with Crippen LogP contribution in [0, 0.1) is 48.5 Å². The molecule has 14 aromatic rings. The van der Waals surface area contributed by atoms with E-state index < -0.39 is 0 Å². The number of aromatic nitrogens is 17. The Bertz CT molecular complexity index is 5100. The summed E-state index contributed by atoms with van der Waals surface area (Å²) < 4.78 is 17.1. The van der Waals surface area contributed by atoms with E-state index in [2.05, 4.69) is 203 Å². The predicted molar refractivity (Wildman–Crippen MR) is 461 cm³/mol. The van der Waals surface area contributed by atoms with Crippen molar-refractivity contribution in [3.63, 3.8) is 0 Å². The normalized spacial score (nSPS) is 15.4. The molecule has 0 atom stereocenters. The number of pyridine rings is 4. The highest BCUT2D eigenvalue weighted by Crippen LogP contribution is 2.40. The van der Waals surface area contributed by atoms with Gasteiger partial charge in [-0.2, -0.15) is 10.2 Å². The molecule has 0 aromatic carbocycles. The Labute approximate surface area is 664 Å². The number of nitrogens with zero attached hydrogens (tertiary/aromatic N) is 17. The second-order valence-corrected chi connectivity index (χ2v) is 32.5. The van der Waals surface area contributed by atoms with Crippen molar-refractivity contribution in [1.82, 2.24) is 82.0 Å². The number of hydrogen-bond donors (Lipinski definition) is 0. The largest absolute Gasteiger partial charge is 0.344 e. The minimum absolute atomic E-state index is 1.02. The Balaban J connectivity index is 0.000000103. The summed E-state index contributed by atoms with van der Waals surface area (Å²) in [7, 11) is 0. The third kappa shape index (κ3) is 14.6. The highest BCUT2D eigenvalue weighted by atomic mass is 15.1. The third-order valence-corrected chi connectivity index (χ3v) is 26.0. The van der Waals surface area contributed by atoms with Gasteiger partial charge >= 0.3 is 0 Å². The van der Waals surface area contributed by atoms with Crippen LogP contribution in [0.1, 0.15) is 257 Å². The molecule has 0 saturated heterocycles. The Morgan fingerprint density at radius 1 is 0.295 bits per heavy atom. The first-order chi connectivity index (χ1) is 54.7. The van der Waals surface area contributed by atoms with Crippen LogP contribution in [0.2, 0.25) is 0 Å². The van der Waals surface area contributed by atoms with Gasteiger partial charge in [0.25, 0.3) is 0 Å². The predicted octanol–water partition coefficient (Wildman–Crippen LogP) is 20.9. The molecule has 0 amide bonds. The highest BCUT2D eigenvalue weighted by Gasteiger charge is 2.28. The second kappa shape index (κ2) is 34.5. The van der Waals surface area contributed by atoms with Crippen LogP contribution in [0.25, 0.3) is 76.6 Å². The summed E-state index contributed by atoms with van der Waals surface area (Å²) in [6.45, 7) is 37.7. The molecule has 0 radical (unpaired) electrons. The topological polar surface area (TPSA) is 163 Å². The van der Waals surface area contributed by atoms with Crippen LogP contribution in [0.5, 0.6) is 0 Å². The summed E-state index contributed by atoms with van der Waals surface area (Å²) in [6, 6.07) is 6.66. The zero-order valence-electron chi connectivity index (χ0n) is 70.2. The molecule has 0 bridgehead atoms. The van der Waals surface area contributed by atoms with Gasteiger partial charge in [0.1, 0.15) is 18.3 Å². The van der Waals surface area contributed by atoms with E-state index in [0.717, 1.165) is 79.9 Å². The standard InChI is InChI=1S/4C14H18N2.3C13H17N3/c1-3-16-13-7-5-4-6-11(13)12-9-15-10(2)8-14(12)16;1-3-16-13-7-5-4-6-11(13)12-8-10(2)15-9-14(12)16;1-3-16-12-7-5-4-6-11(12)14-10(2)8-15-9-13(14)16;1-3-16-12-7-5-4-6-11(12)14-10(2)15-9-8-13(14)16;1-3-16-12-7-5-4-6-10(12)11-8-14-15-9(2)13(11)16;1-3-16-11-7-5-4-6-10(11)12-13(16)9(2)14-8-15-12;1-3-16-11-7-5-4-6-10(11)12-9(2)14-8-15-13(12)16/h4*8-9H,3-7H2,1-2H3;3*8H,3-7H2,1-2H3. The van der Waals surface area contributed by atoms with Crippen LogP contribution in [0.3, 0.4) is 0 Å². The van der Waals surface area contributed by atoms with Crippen molar-refractivity contribution in [2.75, 3.05) is 0 Å². The monoisotopic (exact) mass is 1500 g/mol. The molecule has 7 aliphatic rings. The molecule has 14 aromatic heterocycles. The molecular weight excluding hydrogens is 1380 g/mol. The lowest BCUT2D eigenvalue weighted by molar-refractivity contribution is 0.628. The van der Waals surface area contributed by atoms with Gasteiger partial charge in [0.05, 0.1) is 74.3 Å². The highest BCUT2D eigenvalue weighted by molar-refractivity contribution is 5.91. The summed E-state index contributed by atoms with van der Waals surface area (Å²) in [5.74, 6) is 0. The Kier molecular flexibility index (Phi) is 24.0. The molecule has 0 spiro atoms. The van der Waals surface area contributed by atoms with Gasteiger partial charge in [0.15, 0.2) is 0 Å². The van der Waals surface area contributed by atoms with Crippen LogP contribution < -0.4 is 0 Å². The lowest BCUT2D eigenvalue weighted by Gasteiger charge is -2.14. The average molecular weight is 1500 g/mol. The Hall–Kier alpha value is -9.38. The van der Waals surface area contributed by atoms with Crippen LogP contribution in [-0.4, -0.2) is 82.0 Å². The molecule has 17 heteroatoms. The molecule has 588 valence electrons. The third-order valence-electron chi connectivity index (χ3n) is 26.0. The van der Waals surface area contributed by atoms with Gasteiger partial charge in [-0.25, -0.2) is 19.9 Å². The zero-order chi connectivity index (χ0) is 77.8. The van der Waals surface area contributed by atoms with Gasteiger partial charge in [-0.1, -0.05) is 0 Å². The van der Waals surface area contributed by atoms with E-state index in [-0.39, 0.29) is 0 Å². The molecule has 112 heavy (non-hydrogen) atoms. The SMILES string of the molecule is CCn1c2c(c3c(C)cncc31)CCCC2.CCn1c2c(c3c(C)nccc31)CCCC2.CCn1c2c(c3c(C)ncnc31)CCCC2.CCn1c2c(c3cc(C)ncc31)CCCC2.CCn1c2c(c3cnc(C)cc31)CCCC2.CCn1c2c(c3cnnc(C)c31)CCCC2.CCn1c2c(c3ncnc(C)c31)CCCC2. The van der Waals surface area contributed by atoms with Gasteiger partial charge in [-0.3, -0.25) is 19.9 Å².